The van der Waals surface area contributed by atoms with E-state index in [1.807, 2.05) is 95.2 Å². The topological polar surface area (TPSA) is 180 Å². The number of esters is 1. The first-order valence-electron chi connectivity index (χ1n) is 30.6. The molecule has 81 heavy (non-hydrogen) atoms. The molecule has 5 rings (SSSR count). The smallest absolute Gasteiger partial charge is 0.344 e. The molecule has 0 N–H and O–H groups in total. The highest BCUT2D eigenvalue weighted by Crippen LogP contribution is 2.54. The molecule has 0 aromatic rings. The van der Waals surface area contributed by atoms with Gasteiger partial charge in [-0.1, -0.05) is 59.8 Å². The zero-order chi connectivity index (χ0) is 60.6. The molecule has 0 spiro atoms. The highest BCUT2D eigenvalue weighted by molar-refractivity contribution is 7.55. The summed E-state index contributed by atoms with van der Waals surface area (Å²) in [7, 11) is -5.96. The average Bonchev–Trinajstić information content (AvgIpc) is 3.85. The molecule has 5 saturated heterocycles. The lowest BCUT2D eigenvalue weighted by Gasteiger charge is -2.48. The number of ether oxygens (including phenoxy) is 11. The van der Waals surface area contributed by atoms with Crippen molar-refractivity contribution in [3.05, 3.63) is 24.3 Å². The van der Waals surface area contributed by atoms with Crippen LogP contribution in [-0.2, 0) is 79.7 Å². The summed E-state index contributed by atoms with van der Waals surface area (Å²) in [6.07, 6.45) is 14.1. The summed E-state index contributed by atoms with van der Waals surface area (Å²) in [4.78, 5) is 24.4. The van der Waals surface area contributed by atoms with Gasteiger partial charge in [0.25, 0.3) is 0 Å². The maximum Gasteiger partial charge on any atom is 0.344 e. The van der Waals surface area contributed by atoms with Gasteiger partial charge in [0.1, 0.15) is 12.4 Å². The molecule has 0 aromatic carbocycles. The van der Waals surface area contributed by atoms with E-state index in [4.69, 9.17) is 65.6 Å². The maximum absolute atomic E-state index is 13.6. The van der Waals surface area contributed by atoms with Gasteiger partial charge in [-0.2, -0.15) is 0 Å². The second-order valence-electron chi connectivity index (χ2n) is 28.0. The van der Waals surface area contributed by atoms with E-state index in [1.54, 1.807) is 26.8 Å². The summed E-state index contributed by atoms with van der Waals surface area (Å²) in [5.74, 6) is -4.72. The highest BCUT2D eigenvalue weighted by Gasteiger charge is 2.53. The molecule has 0 saturated carbocycles. The minimum Gasteiger partial charge on any atom is -0.461 e. The Labute approximate surface area is 489 Å². The molecule has 0 amide bonds. The van der Waals surface area contributed by atoms with E-state index in [-0.39, 0.29) is 85.0 Å². The Bertz CT molecular complexity index is 2090. The van der Waals surface area contributed by atoms with Crippen LogP contribution in [0.5, 0.6) is 0 Å². The molecule has 17 nitrogen and oxygen atoms in total. The third kappa shape index (κ3) is 21.7. The normalized spacial score (nSPS) is 32.2. The number of hydrogen-bond acceptors (Lipinski definition) is 17. The van der Waals surface area contributed by atoms with Crippen molar-refractivity contribution in [1.82, 2.24) is 0 Å². The van der Waals surface area contributed by atoms with E-state index in [0.717, 1.165) is 19.1 Å². The lowest BCUT2D eigenvalue weighted by molar-refractivity contribution is -0.336. The summed E-state index contributed by atoms with van der Waals surface area (Å²) in [5, 5.41) is -0.0235. The van der Waals surface area contributed by atoms with Crippen molar-refractivity contribution >= 4 is 28.2 Å². The molecule has 0 aliphatic carbocycles. The molecule has 0 radical (unpaired) electrons. The molecular weight excluding hydrogens is 1080 g/mol. The Morgan fingerprint density at radius 2 is 1.07 bits per heavy atom. The van der Waals surface area contributed by atoms with Crippen LogP contribution in [0, 0.1) is 11.8 Å². The molecule has 13 atom stereocenters. The predicted octanol–water partition coefficient (Wildman–Crippen LogP) is 13.8. The zero-order valence-corrected chi connectivity index (χ0v) is 55.8. The van der Waals surface area contributed by atoms with E-state index in [9.17, 15) is 14.2 Å². The Kier molecular flexibility index (Phi) is 24.8. The van der Waals surface area contributed by atoms with E-state index in [2.05, 4.69) is 40.8 Å². The minimum atomic E-state index is -3.71. The molecule has 470 valence electrons. The van der Waals surface area contributed by atoms with E-state index in [1.165, 1.54) is 6.08 Å². The summed E-state index contributed by atoms with van der Waals surface area (Å²) in [6, 6.07) is 0. The Balaban J connectivity index is 1.26. The third-order valence-corrected chi connectivity index (χ3v) is 23.5. The predicted molar refractivity (Wildman–Crippen MR) is 315 cm³/mol. The van der Waals surface area contributed by atoms with Gasteiger partial charge < -0.3 is 65.6 Å². The molecule has 5 aliphatic heterocycles. The highest BCUT2D eigenvalue weighted by atomic mass is 31.2. The standard InChI is InChI=1S/C62H111O17PSi/c1-22-67-80(65,68-23-2)44(6)55(64)69-54(42(3)4)43(5)29-30-46(78-81(20,21)56(7,8)9)33-47-34-48(72-59(14,15)71-47)35-49-36-50(74-60(16,17)73-49)37-51-38-53(77-61(18,19)75-51)40-62(41-66-57(10,11)79-62)39-52-32-45(70-58(12,13)76-52)28-26-24-25-27-31-63/h24-27,31,42-54H,22-23,28-30,32-41H2,1-21H3/b26-24+,27-25+/t43-,44?,45+,46-,47-,48-,49+,50+,51-,52-,53+,54-,62?/m0/s1. The Hall–Kier alpha value is -1.45. The lowest BCUT2D eigenvalue weighted by atomic mass is 9.85. The van der Waals surface area contributed by atoms with Crippen LogP contribution in [0.4, 0.5) is 0 Å². The van der Waals surface area contributed by atoms with Crippen molar-refractivity contribution in [2.75, 3.05) is 19.8 Å². The fraction of sp³-hybridized carbons (Fsp3) is 0.903. The molecule has 0 aromatic heterocycles. The van der Waals surface area contributed by atoms with Gasteiger partial charge in [0.15, 0.2) is 42.9 Å². The molecule has 5 fully saturated rings. The summed E-state index contributed by atoms with van der Waals surface area (Å²) in [6.45, 7) is 43.1. The summed E-state index contributed by atoms with van der Waals surface area (Å²) < 4.78 is 105. The number of allylic oxidation sites excluding steroid dienone is 3. The first-order chi connectivity index (χ1) is 37.3. The molecule has 0 bridgehead atoms. The van der Waals surface area contributed by atoms with Crippen LogP contribution in [0.15, 0.2) is 24.3 Å². The largest absolute Gasteiger partial charge is 0.461 e. The van der Waals surface area contributed by atoms with Crippen molar-refractivity contribution in [2.45, 2.75) is 328 Å². The van der Waals surface area contributed by atoms with Crippen molar-refractivity contribution in [2.24, 2.45) is 11.8 Å². The third-order valence-electron chi connectivity index (χ3n) is 16.6. The second-order valence-corrected chi connectivity index (χ2v) is 35.1. The monoisotopic (exact) mass is 1190 g/mol. The minimum absolute atomic E-state index is 0.0118. The van der Waals surface area contributed by atoms with E-state index in [0.29, 0.717) is 70.8 Å². The zero-order valence-electron chi connectivity index (χ0n) is 53.9. The number of carbonyl (C=O) groups is 2. The number of carbonyl (C=O) groups excluding carboxylic acids is 2. The van der Waals surface area contributed by atoms with Crippen LogP contribution in [0.1, 0.15) is 209 Å². The Morgan fingerprint density at radius 3 is 1.52 bits per heavy atom. The van der Waals surface area contributed by atoms with Crippen LogP contribution in [0.3, 0.4) is 0 Å². The van der Waals surface area contributed by atoms with Gasteiger partial charge in [-0.25, -0.2) is 0 Å². The Morgan fingerprint density at radius 1 is 0.630 bits per heavy atom. The van der Waals surface area contributed by atoms with Crippen LogP contribution >= 0.6 is 7.60 Å². The van der Waals surface area contributed by atoms with Crippen molar-refractivity contribution in [3.8, 4) is 0 Å². The molecule has 19 heteroatoms. The van der Waals surface area contributed by atoms with Crippen LogP contribution < -0.4 is 0 Å². The summed E-state index contributed by atoms with van der Waals surface area (Å²) >= 11 is 0. The van der Waals surface area contributed by atoms with Crippen LogP contribution in [0.2, 0.25) is 18.1 Å². The maximum atomic E-state index is 13.6. The SMILES string of the molecule is CCOP(=O)(OCC)C(C)C(=O)O[C@@H](C(C)C)[C@@H](C)CC[C@@H](C[C@H]1C[C@@H](C[C@@H]2C[C@H](C[C@H]3C[C@H](CC4(C[C@@H]5C[C@@H](C/C=C/C=C/C=O)OC(C)(C)O5)COC(C)(C)O4)OC(C)(C)O3)OC(C)(C)O2)OC(C)(C)O1)O[Si](C)(C)C(C)(C)C. The number of aldehydes is 1. The van der Waals surface area contributed by atoms with Gasteiger partial charge in [-0.05, 0) is 152 Å². The van der Waals surface area contributed by atoms with E-state index >= 15 is 0 Å². The van der Waals surface area contributed by atoms with Gasteiger partial charge in [0, 0.05) is 57.5 Å². The van der Waals surface area contributed by atoms with Gasteiger partial charge >= 0.3 is 13.6 Å². The first-order valence-corrected chi connectivity index (χ1v) is 35.1. The number of hydrogen-bond donors (Lipinski definition) is 0. The van der Waals surface area contributed by atoms with Gasteiger partial charge in [0.2, 0.25) is 0 Å². The van der Waals surface area contributed by atoms with Crippen molar-refractivity contribution in [1.29, 1.82) is 0 Å². The summed E-state index contributed by atoms with van der Waals surface area (Å²) in [5.41, 5.74) is -1.74. The molecular formula is C62H111O17PSi. The molecule has 5 aliphatic rings. The molecule has 5 heterocycles. The van der Waals surface area contributed by atoms with Crippen molar-refractivity contribution < 1.29 is 79.7 Å². The van der Waals surface area contributed by atoms with Gasteiger partial charge in [0.05, 0.1) is 74.3 Å². The first kappa shape index (κ1) is 70.3. The van der Waals surface area contributed by atoms with Gasteiger partial charge in [-0.15, -0.1) is 0 Å². The molecule has 2 unspecified atom stereocenters. The van der Waals surface area contributed by atoms with Gasteiger partial charge in [-0.3, -0.25) is 14.2 Å². The van der Waals surface area contributed by atoms with Crippen LogP contribution in [0.25, 0.3) is 0 Å². The van der Waals surface area contributed by atoms with E-state index < -0.39 is 68.2 Å². The fourth-order valence-corrected chi connectivity index (χ4v) is 15.6. The average molecular weight is 1190 g/mol. The second kappa shape index (κ2) is 28.6. The van der Waals surface area contributed by atoms with Crippen molar-refractivity contribution in [3.63, 3.8) is 0 Å². The number of rotatable bonds is 28. The quantitative estimate of drug-likeness (QED) is 0.0180. The lowest BCUT2D eigenvalue weighted by Crippen LogP contribution is -2.53. The van der Waals surface area contributed by atoms with Crippen LogP contribution in [-0.4, -0.2) is 142 Å². The fourth-order valence-electron chi connectivity index (χ4n) is 12.6.